The van der Waals surface area contributed by atoms with Gasteiger partial charge in [0.15, 0.2) is 0 Å². The van der Waals surface area contributed by atoms with E-state index in [-0.39, 0.29) is 23.1 Å². The summed E-state index contributed by atoms with van der Waals surface area (Å²) in [6, 6.07) is 2.65. The second-order valence-electron chi connectivity index (χ2n) is 8.95. The van der Waals surface area contributed by atoms with Gasteiger partial charge in [0.2, 0.25) is 21.8 Å². The molecule has 34 heavy (non-hydrogen) atoms. The van der Waals surface area contributed by atoms with Crippen LogP contribution >= 0.6 is 0 Å². The quantitative estimate of drug-likeness (QED) is 0.282. The van der Waals surface area contributed by atoms with E-state index in [1.165, 1.54) is 19.1 Å². The zero-order chi connectivity index (χ0) is 25.0. The van der Waals surface area contributed by atoms with Crippen LogP contribution in [0.3, 0.4) is 0 Å². The fourth-order valence-electron chi connectivity index (χ4n) is 5.61. The maximum Gasteiger partial charge on any atom is 0.352 e. The average Bonchev–Trinajstić information content (AvgIpc) is 3.35. The highest BCUT2D eigenvalue weighted by atomic mass is 32.2. The summed E-state index contributed by atoms with van der Waals surface area (Å²) in [5, 5.41) is 31.4. The number of aliphatic carboxylic acids is 1. The minimum absolute atomic E-state index is 0.102. The van der Waals surface area contributed by atoms with E-state index in [1.54, 1.807) is 6.92 Å². The summed E-state index contributed by atoms with van der Waals surface area (Å²) < 4.78 is 22.8. The number of carbonyl (C=O) groups excluding carboxylic acids is 2. The number of aliphatic hydroxyl groups is 1. The van der Waals surface area contributed by atoms with Crippen LogP contribution in [0, 0.1) is 17.8 Å². The molecule has 4 heterocycles. The van der Waals surface area contributed by atoms with Crippen LogP contribution in [0.15, 0.2) is 34.5 Å². The first-order valence-corrected chi connectivity index (χ1v) is 12.4. The molecule has 0 bridgehead atoms. The lowest BCUT2D eigenvalue weighted by Crippen LogP contribution is -2.78. The van der Waals surface area contributed by atoms with Gasteiger partial charge < -0.3 is 20.8 Å². The molecule has 2 amide bonds. The molecule has 2 fully saturated rings. The molecule has 0 unspecified atom stereocenters. The van der Waals surface area contributed by atoms with Crippen LogP contribution in [0.4, 0.5) is 0 Å². The Morgan fingerprint density at radius 2 is 2.12 bits per heavy atom. The van der Waals surface area contributed by atoms with E-state index in [1.807, 2.05) is 0 Å². The summed E-state index contributed by atoms with van der Waals surface area (Å²) in [6.07, 6.45) is 0.566. The van der Waals surface area contributed by atoms with Crippen LogP contribution in [0.25, 0.3) is 0 Å². The second-order valence-corrected chi connectivity index (χ2v) is 10.5. The standard InChI is InChI=1S/C21H27N5O7S/c1-10-15(12-5-6-23-7-12)17(19(29)30)26-18(28)16(11(2)27)21(10,26)20(31)25-8-13-3-4-14(9-24-13)34(22,32)33/h3-4,9-12,16,23,27H,5-8H2,1-2H3,(H,25,31)(H,29,30)(H2,22,32,33)/t10-,11-,12-,16+,21+/m1/s1. The van der Waals surface area contributed by atoms with E-state index >= 15 is 0 Å². The van der Waals surface area contributed by atoms with E-state index in [0.29, 0.717) is 30.8 Å². The van der Waals surface area contributed by atoms with E-state index in [0.717, 1.165) is 11.1 Å². The maximum absolute atomic E-state index is 13.6. The summed E-state index contributed by atoms with van der Waals surface area (Å²) in [6.45, 7) is 4.26. The third-order valence-corrected chi connectivity index (χ3v) is 7.96. The highest BCUT2D eigenvalue weighted by molar-refractivity contribution is 7.89. The largest absolute Gasteiger partial charge is 0.477 e. The van der Waals surface area contributed by atoms with Gasteiger partial charge in [0, 0.05) is 18.7 Å². The highest BCUT2D eigenvalue weighted by Crippen LogP contribution is 2.57. The Kier molecular flexibility index (Phi) is 6.00. The van der Waals surface area contributed by atoms with E-state index < -0.39 is 51.3 Å². The number of nitrogens with two attached hydrogens (primary N) is 1. The number of aromatic nitrogens is 1. The zero-order valence-corrected chi connectivity index (χ0v) is 19.5. The Hall–Kier alpha value is -2.87. The molecular formula is C21H27N5O7S. The number of amides is 2. The van der Waals surface area contributed by atoms with Crippen LogP contribution in [-0.4, -0.2) is 71.0 Å². The van der Waals surface area contributed by atoms with Crippen molar-refractivity contribution in [1.29, 1.82) is 0 Å². The topological polar surface area (TPSA) is 192 Å². The summed E-state index contributed by atoms with van der Waals surface area (Å²) >= 11 is 0. The van der Waals surface area contributed by atoms with Gasteiger partial charge in [0.05, 0.1) is 24.3 Å². The Balaban J connectivity index is 1.66. The minimum Gasteiger partial charge on any atom is -0.477 e. The molecule has 2 saturated heterocycles. The first-order valence-electron chi connectivity index (χ1n) is 10.9. The number of carboxylic acids is 1. The Bertz CT molecular complexity index is 1170. The van der Waals surface area contributed by atoms with Gasteiger partial charge in [-0.1, -0.05) is 6.92 Å². The fourth-order valence-corrected chi connectivity index (χ4v) is 6.07. The molecule has 6 N–H and O–H groups in total. The van der Waals surface area contributed by atoms with Crippen molar-refractivity contribution in [3.05, 3.63) is 35.3 Å². The lowest BCUT2D eigenvalue weighted by Gasteiger charge is -2.55. The normalized spacial score (nSPS) is 29.6. The Labute approximate surface area is 196 Å². The maximum atomic E-state index is 13.6. The number of carbonyl (C=O) groups is 3. The summed E-state index contributed by atoms with van der Waals surface area (Å²) in [5.41, 5.74) is -0.911. The van der Waals surface area contributed by atoms with Gasteiger partial charge in [-0.3, -0.25) is 19.5 Å². The second kappa shape index (κ2) is 8.41. The van der Waals surface area contributed by atoms with Crippen molar-refractivity contribution in [3.8, 4) is 0 Å². The molecule has 0 radical (unpaired) electrons. The van der Waals surface area contributed by atoms with Gasteiger partial charge in [-0.15, -0.1) is 0 Å². The highest BCUT2D eigenvalue weighted by Gasteiger charge is 2.74. The van der Waals surface area contributed by atoms with Crippen molar-refractivity contribution < 1.29 is 33.0 Å². The number of nitrogens with one attached hydrogen (secondary N) is 2. The van der Waals surface area contributed by atoms with Gasteiger partial charge in [0.25, 0.3) is 0 Å². The van der Waals surface area contributed by atoms with Crippen LogP contribution in [0.1, 0.15) is 26.0 Å². The monoisotopic (exact) mass is 493 g/mol. The number of rotatable bonds is 7. The molecule has 1 aromatic heterocycles. The molecular weight excluding hydrogens is 466 g/mol. The smallest absolute Gasteiger partial charge is 0.352 e. The number of nitrogens with zero attached hydrogens (tertiary/aromatic N) is 2. The number of primary sulfonamides is 1. The van der Waals surface area contributed by atoms with Crippen molar-refractivity contribution in [2.45, 2.75) is 43.4 Å². The summed E-state index contributed by atoms with van der Waals surface area (Å²) in [7, 11) is -3.92. The van der Waals surface area contributed by atoms with Crippen LogP contribution < -0.4 is 15.8 Å². The number of sulfonamides is 1. The van der Waals surface area contributed by atoms with Crippen molar-refractivity contribution in [3.63, 3.8) is 0 Å². The molecule has 5 atom stereocenters. The third kappa shape index (κ3) is 3.50. The molecule has 0 aliphatic carbocycles. The number of fused-ring (bicyclic) bond motifs is 1. The number of hydrogen-bond acceptors (Lipinski definition) is 8. The van der Waals surface area contributed by atoms with Crippen molar-refractivity contribution >= 4 is 27.8 Å². The zero-order valence-electron chi connectivity index (χ0n) is 18.7. The minimum atomic E-state index is -3.92. The van der Waals surface area contributed by atoms with Crippen LogP contribution in [-0.2, 0) is 31.0 Å². The Morgan fingerprint density at radius 1 is 1.41 bits per heavy atom. The van der Waals surface area contributed by atoms with Gasteiger partial charge >= 0.3 is 5.97 Å². The van der Waals surface area contributed by atoms with Crippen LogP contribution in [0.5, 0.6) is 0 Å². The predicted molar refractivity (Wildman–Crippen MR) is 117 cm³/mol. The predicted octanol–water partition coefficient (Wildman–Crippen LogP) is -1.48. The molecule has 1 aromatic rings. The first kappa shape index (κ1) is 24.3. The van der Waals surface area contributed by atoms with Crippen LogP contribution in [0.2, 0.25) is 0 Å². The van der Waals surface area contributed by atoms with Gasteiger partial charge in [-0.2, -0.15) is 0 Å². The SMILES string of the molecule is C[C@@H]1C([C@@H]2CCNC2)=C(C(=O)O)N2C(=O)[C@H]([C@@H](C)O)[C@]12C(=O)NCc1ccc(S(N)(=O)=O)cn1. The number of pyridine rings is 1. The van der Waals surface area contributed by atoms with Gasteiger partial charge in [-0.05, 0) is 43.5 Å². The molecule has 4 rings (SSSR count). The Morgan fingerprint density at radius 3 is 2.62 bits per heavy atom. The molecule has 3 aliphatic rings. The molecule has 0 aromatic carbocycles. The van der Waals surface area contributed by atoms with E-state index in [4.69, 9.17) is 5.14 Å². The molecule has 3 aliphatic heterocycles. The molecule has 0 spiro atoms. The average molecular weight is 494 g/mol. The molecule has 13 heteroatoms. The van der Waals surface area contributed by atoms with Crippen molar-refractivity contribution in [2.75, 3.05) is 13.1 Å². The fraction of sp³-hybridized carbons (Fsp3) is 0.524. The molecule has 12 nitrogen and oxygen atoms in total. The van der Waals surface area contributed by atoms with E-state index in [2.05, 4.69) is 15.6 Å². The summed E-state index contributed by atoms with van der Waals surface area (Å²) in [5.74, 6) is -4.40. The number of hydrogen-bond donors (Lipinski definition) is 5. The number of aliphatic hydroxyl groups excluding tert-OH is 1. The molecule has 0 saturated carbocycles. The number of carboxylic acid groups (broad SMARTS) is 1. The van der Waals surface area contributed by atoms with E-state index in [9.17, 15) is 33.0 Å². The summed E-state index contributed by atoms with van der Waals surface area (Å²) in [4.78, 5) is 43.7. The van der Waals surface area contributed by atoms with Gasteiger partial charge in [0.1, 0.15) is 16.1 Å². The molecule has 184 valence electrons. The number of β-lactam (4-membered cyclic amide) rings is 1. The lowest BCUT2D eigenvalue weighted by molar-refractivity contribution is -0.186. The third-order valence-electron chi connectivity index (χ3n) is 7.06. The lowest BCUT2D eigenvalue weighted by atomic mass is 9.63. The van der Waals surface area contributed by atoms with Crippen molar-refractivity contribution in [2.24, 2.45) is 22.9 Å². The first-order chi connectivity index (χ1) is 15.9. The van der Waals surface area contributed by atoms with Crippen molar-refractivity contribution in [1.82, 2.24) is 20.5 Å². The van der Waals surface area contributed by atoms with Gasteiger partial charge in [-0.25, -0.2) is 18.4 Å².